The van der Waals surface area contributed by atoms with Gasteiger partial charge in [0.05, 0.1) is 20.3 Å². The molecule has 1 heterocycles. The van der Waals surface area contributed by atoms with Crippen molar-refractivity contribution < 1.29 is 9.47 Å². The second-order valence-electron chi connectivity index (χ2n) is 3.18. The van der Waals surface area contributed by atoms with Gasteiger partial charge in [-0.2, -0.15) is 4.98 Å². The fraction of sp³-hybridized carbons (Fsp3) is 0.417. The smallest absolute Gasteiger partial charge is 0.214 e. The maximum Gasteiger partial charge on any atom is 0.214 e. The van der Waals surface area contributed by atoms with Crippen LogP contribution in [0.2, 0.25) is 0 Å². The molecule has 0 aliphatic rings. The third-order valence-corrected chi connectivity index (χ3v) is 1.95. The van der Waals surface area contributed by atoms with Gasteiger partial charge in [-0.1, -0.05) is 12.1 Å². The van der Waals surface area contributed by atoms with E-state index in [0.29, 0.717) is 12.5 Å². The molecule has 0 amide bonds. The Kier molecular flexibility index (Phi) is 6.03. The molecule has 0 aromatic carbocycles. The Balaban J connectivity index is 2.18. The SMILES string of the molecule is C=CCCOCCNc1cccc(OC)n1. The lowest BCUT2D eigenvalue weighted by Gasteiger charge is -2.07. The molecular weight excluding hydrogens is 204 g/mol. The van der Waals surface area contributed by atoms with E-state index in [0.717, 1.165) is 25.4 Å². The first-order valence-corrected chi connectivity index (χ1v) is 5.30. The number of ether oxygens (including phenoxy) is 2. The van der Waals surface area contributed by atoms with Gasteiger partial charge in [-0.15, -0.1) is 6.58 Å². The molecule has 4 nitrogen and oxygen atoms in total. The third kappa shape index (κ3) is 4.79. The van der Waals surface area contributed by atoms with E-state index in [9.17, 15) is 0 Å². The Bertz CT molecular complexity index is 316. The van der Waals surface area contributed by atoms with Gasteiger partial charge in [0.15, 0.2) is 0 Å². The number of rotatable bonds is 8. The monoisotopic (exact) mass is 222 g/mol. The highest BCUT2D eigenvalue weighted by atomic mass is 16.5. The molecule has 16 heavy (non-hydrogen) atoms. The van der Waals surface area contributed by atoms with Gasteiger partial charge >= 0.3 is 0 Å². The van der Waals surface area contributed by atoms with E-state index in [4.69, 9.17) is 9.47 Å². The van der Waals surface area contributed by atoms with Gasteiger partial charge in [-0.3, -0.25) is 0 Å². The fourth-order valence-corrected chi connectivity index (χ4v) is 1.15. The lowest BCUT2D eigenvalue weighted by Crippen LogP contribution is -2.10. The Morgan fingerprint density at radius 3 is 3.06 bits per heavy atom. The summed E-state index contributed by atoms with van der Waals surface area (Å²) >= 11 is 0. The summed E-state index contributed by atoms with van der Waals surface area (Å²) in [5.74, 6) is 1.41. The molecule has 0 bridgehead atoms. The molecule has 1 N–H and O–H groups in total. The molecule has 0 saturated heterocycles. The van der Waals surface area contributed by atoms with E-state index in [1.807, 2.05) is 24.3 Å². The summed E-state index contributed by atoms with van der Waals surface area (Å²) in [5.41, 5.74) is 0. The molecule has 4 heteroatoms. The van der Waals surface area contributed by atoms with E-state index in [-0.39, 0.29) is 0 Å². The number of hydrogen-bond acceptors (Lipinski definition) is 4. The molecule has 0 saturated carbocycles. The molecule has 0 unspecified atom stereocenters. The van der Waals surface area contributed by atoms with Gasteiger partial charge in [0.1, 0.15) is 5.82 Å². The summed E-state index contributed by atoms with van der Waals surface area (Å²) in [7, 11) is 1.60. The molecular formula is C12H18N2O2. The average Bonchev–Trinajstić information content (AvgIpc) is 2.34. The minimum Gasteiger partial charge on any atom is -0.481 e. The standard InChI is InChI=1S/C12H18N2O2/c1-3-4-9-16-10-8-13-11-6-5-7-12(14-11)15-2/h3,5-7H,1,4,8-10H2,2H3,(H,13,14). The molecule has 0 fully saturated rings. The van der Waals surface area contributed by atoms with Crippen LogP contribution in [0.4, 0.5) is 5.82 Å². The van der Waals surface area contributed by atoms with Crippen molar-refractivity contribution >= 4 is 5.82 Å². The van der Waals surface area contributed by atoms with Crippen LogP contribution in [0.15, 0.2) is 30.9 Å². The number of anilines is 1. The van der Waals surface area contributed by atoms with Crippen molar-refractivity contribution in [1.29, 1.82) is 0 Å². The first-order valence-electron chi connectivity index (χ1n) is 5.30. The molecule has 0 spiro atoms. The van der Waals surface area contributed by atoms with Crippen molar-refractivity contribution in [2.45, 2.75) is 6.42 Å². The molecule has 0 aliphatic heterocycles. The van der Waals surface area contributed by atoms with Crippen molar-refractivity contribution in [1.82, 2.24) is 4.98 Å². The number of nitrogens with zero attached hydrogens (tertiary/aromatic N) is 1. The minimum absolute atomic E-state index is 0.609. The normalized spacial score (nSPS) is 9.81. The Morgan fingerprint density at radius 2 is 2.31 bits per heavy atom. The van der Waals surface area contributed by atoms with E-state index in [1.165, 1.54) is 0 Å². The average molecular weight is 222 g/mol. The van der Waals surface area contributed by atoms with E-state index in [2.05, 4.69) is 16.9 Å². The summed E-state index contributed by atoms with van der Waals surface area (Å²) in [6, 6.07) is 5.60. The molecule has 1 aromatic rings. The maximum atomic E-state index is 5.36. The zero-order chi connectivity index (χ0) is 11.6. The lowest BCUT2D eigenvalue weighted by molar-refractivity contribution is 0.149. The highest BCUT2D eigenvalue weighted by molar-refractivity contribution is 5.36. The number of nitrogens with one attached hydrogen (secondary N) is 1. The van der Waals surface area contributed by atoms with Gasteiger partial charge in [0.2, 0.25) is 5.88 Å². The Morgan fingerprint density at radius 1 is 1.44 bits per heavy atom. The number of methoxy groups -OCH3 is 1. The molecule has 0 radical (unpaired) electrons. The predicted octanol–water partition coefficient (Wildman–Crippen LogP) is 2.09. The molecule has 88 valence electrons. The number of aromatic nitrogens is 1. The minimum atomic E-state index is 0.609. The second kappa shape index (κ2) is 7.70. The Labute approximate surface area is 96.3 Å². The number of hydrogen-bond donors (Lipinski definition) is 1. The van der Waals surface area contributed by atoms with Crippen molar-refractivity contribution in [2.24, 2.45) is 0 Å². The highest BCUT2D eigenvalue weighted by Gasteiger charge is 1.95. The topological polar surface area (TPSA) is 43.4 Å². The maximum absolute atomic E-state index is 5.36. The highest BCUT2D eigenvalue weighted by Crippen LogP contribution is 2.09. The first kappa shape index (κ1) is 12.5. The van der Waals surface area contributed by atoms with E-state index in [1.54, 1.807) is 7.11 Å². The van der Waals surface area contributed by atoms with Crippen LogP contribution in [0.1, 0.15) is 6.42 Å². The van der Waals surface area contributed by atoms with Crippen LogP contribution in [0.3, 0.4) is 0 Å². The van der Waals surface area contributed by atoms with E-state index < -0.39 is 0 Å². The largest absolute Gasteiger partial charge is 0.481 e. The van der Waals surface area contributed by atoms with Crippen molar-refractivity contribution in [3.8, 4) is 5.88 Å². The summed E-state index contributed by atoms with van der Waals surface area (Å²) in [4.78, 5) is 4.22. The zero-order valence-electron chi connectivity index (χ0n) is 9.61. The van der Waals surface area contributed by atoms with Crippen LogP contribution >= 0.6 is 0 Å². The summed E-state index contributed by atoms with van der Waals surface area (Å²) in [5, 5.41) is 3.15. The van der Waals surface area contributed by atoms with Crippen LogP contribution < -0.4 is 10.1 Å². The summed E-state index contributed by atoms with van der Waals surface area (Å²) < 4.78 is 10.4. The summed E-state index contributed by atoms with van der Waals surface area (Å²) in [6.07, 6.45) is 2.73. The van der Waals surface area contributed by atoms with Crippen LogP contribution in [-0.2, 0) is 4.74 Å². The molecule has 1 rings (SSSR count). The van der Waals surface area contributed by atoms with Crippen LogP contribution in [0, 0.1) is 0 Å². The van der Waals surface area contributed by atoms with Crippen LogP contribution in [0.5, 0.6) is 5.88 Å². The van der Waals surface area contributed by atoms with Gasteiger partial charge in [-0.25, -0.2) is 0 Å². The number of pyridine rings is 1. The molecule has 1 aromatic heterocycles. The first-order chi connectivity index (χ1) is 7.86. The van der Waals surface area contributed by atoms with Gasteiger partial charge in [-0.05, 0) is 12.5 Å². The zero-order valence-corrected chi connectivity index (χ0v) is 9.61. The van der Waals surface area contributed by atoms with Crippen molar-refractivity contribution in [3.05, 3.63) is 30.9 Å². The van der Waals surface area contributed by atoms with Gasteiger partial charge in [0, 0.05) is 12.6 Å². The van der Waals surface area contributed by atoms with Crippen LogP contribution in [-0.4, -0.2) is 31.9 Å². The van der Waals surface area contributed by atoms with E-state index >= 15 is 0 Å². The second-order valence-corrected chi connectivity index (χ2v) is 3.18. The lowest BCUT2D eigenvalue weighted by atomic mass is 10.4. The molecule has 0 aliphatic carbocycles. The quantitative estimate of drug-likeness (QED) is 0.540. The molecule has 0 atom stereocenters. The Hall–Kier alpha value is -1.55. The van der Waals surface area contributed by atoms with Gasteiger partial charge in [0.25, 0.3) is 0 Å². The van der Waals surface area contributed by atoms with Crippen LogP contribution in [0.25, 0.3) is 0 Å². The van der Waals surface area contributed by atoms with Crippen molar-refractivity contribution in [2.75, 3.05) is 32.2 Å². The third-order valence-electron chi connectivity index (χ3n) is 1.95. The van der Waals surface area contributed by atoms with Gasteiger partial charge < -0.3 is 14.8 Å². The van der Waals surface area contributed by atoms with Crippen molar-refractivity contribution in [3.63, 3.8) is 0 Å². The predicted molar refractivity (Wildman–Crippen MR) is 64.9 cm³/mol. The fourth-order valence-electron chi connectivity index (χ4n) is 1.15. The summed E-state index contributed by atoms with van der Waals surface area (Å²) in [6.45, 7) is 5.74.